The summed E-state index contributed by atoms with van der Waals surface area (Å²) in [6, 6.07) is 13.5. The van der Waals surface area contributed by atoms with Gasteiger partial charge in [-0.25, -0.2) is 0 Å². The zero-order valence-corrected chi connectivity index (χ0v) is 18.0. The number of carbonyl (C=O) groups excluding carboxylic acids is 1. The molecule has 0 N–H and O–H groups in total. The van der Waals surface area contributed by atoms with Crippen molar-refractivity contribution in [2.75, 3.05) is 31.1 Å². The van der Waals surface area contributed by atoms with Gasteiger partial charge in [0.15, 0.2) is 0 Å². The molecular formula is C22H20ClN5O4. The summed E-state index contributed by atoms with van der Waals surface area (Å²) in [7, 11) is 0. The van der Waals surface area contributed by atoms with Crippen molar-refractivity contribution in [2.24, 2.45) is 0 Å². The number of para-hydroxylation sites is 1. The van der Waals surface area contributed by atoms with E-state index in [1.807, 2.05) is 23.1 Å². The van der Waals surface area contributed by atoms with Crippen LogP contribution in [0.15, 0.2) is 59.5 Å². The van der Waals surface area contributed by atoms with Gasteiger partial charge in [-0.2, -0.15) is 9.78 Å². The van der Waals surface area contributed by atoms with E-state index in [2.05, 4.69) is 5.10 Å². The minimum Gasteiger partial charge on any atom is -0.365 e. The van der Waals surface area contributed by atoms with Crippen molar-refractivity contribution in [3.05, 3.63) is 91.3 Å². The fourth-order valence-electron chi connectivity index (χ4n) is 3.77. The summed E-state index contributed by atoms with van der Waals surface area (Å²) in [6.45, 7) is 3.26. The molecule has 0 unspecified atom stereocenters. The first kappa shape index (κ1) is 21.5. The van der Waals surface area contributed by atoms with Crippen molar-refractivity contribution in [3.8, 4) is 5.69 Å². The average Bonchev–Trinajstić information content (AvgIpc) is 2.81. The Morgan fingerprint density at radius 3 is 2.41 bits per heavy atom. The number of halogens is 1. The van der Waals surface area contributed by atoms with Gasteiger partial charge < -0.3 is 9.80 Å². The summed E-state index contributed by atoms with van der Waals surface area (Å²) in [5.74, 6) is -0.255. The molecule has 0 spiro atoms. The standard InChI is InChI=1S/C22H20ClN5O4/c1-15-17(8-5-9-18(15)28(31)32)21(29)26-12-10-25(11-13-26)19-14-24-27(22(30)20(19)23)16-6-3-2-4-7-16/h2-9,14H,10-13H2,1H3. The molecule has 0 radical (unpaired) electrons. The Hall–Kier alpha value is -3.72. The molecule has 4 rings (SSSR count). The van der Waals surface area contributed by atoms with Gasteiger partial charge in [0.05, 0.1) is 22.5 Å². The highest BCUT2D eigenvalue weighted by molar-refractivity contribution is 6.33. The number of rotatable bonds is 4. The minimum atomic E-state index is -0.489. The summed E-state index contributed by atoms with van der Waals surface area (Å²) in [6.07, 6.45) is 1.55. The molecule has 0 bridgehead atoms. The maximum atomic E-state index is 13.0. The number of piperazine rings is 1. The quantitative estimate of drug-likeness (QED) is 0.444. The second-order valence-corrected chi connectivity index (χ2v) is 7.76. The van der Waals surface area contributed by atoms with Crippen LogP contribution in [0.1, 0.15) is 15.9 Å². The van der Waals surface area contributed by atoms with Gasteiger partial charge in [0.25, 0.3) is 17.2 Å². The molecular weight excluding hydrogens is 434 g/mol. The lowest BCUT2D eigenvalue weighted by Crippen LogP contribution is -2.49. The van der Waals surface area contributed by atoms with Gasteiger partial charge >= 0.3 is 0 Å². The van der Waals surface area contributed by atoms with Crippen LogP contribution in [0.5, 0.6) is 0 Å². The molecule has 1 amide bonds. The molecule has 10 heteroatoms. The van der Waals surface area contributed by atoms with E-state index in [0.717, 1.165) is 0 Å². The molecule has 1 aliphatic heterocycles. The number of hydrogen-bond acceptors (Lipinski definition) is 6. The molecule has 1 saturated heterocycles. The van der Waals surface area contributed by atoms with Crippen molar-refractivity contribution in [1.82, 2.24) is 14.7 Å². The number of benzene rings is 2. The summed E-state index contributed by atoms with van der Waals surface area (Å²) in [4.78, 5) is 39.9. The van der Waals surface area contributed by atoms with E-state index >= 15 is 0 Å². The summed E-state index contributed by atoms with van der Waals surface area (Å²) in [5, 5.41) is 15.5. The van der Waals surface area contributed by atoms with E-state index in [1.54, 1.807) is 36.2 Å². The van der Waals surface area contributed by atoms with Gasteiger partial charge in [-0.15, -0.1) is 0 Å². The predicted molar refractivity (Wildman–Crippen MR) is 121 cm³/mol. The van der Waals surface area contributed by atoms with Crippen molar-refractivity contribution in [2.45, 2.75) is 6.92 Å². The number of aromatic nitrogens is 2. The Balaban J connectivity index is 1.50. The lowest BCUT2D eigenvalue weighted by molar-refractivity contribution is -0.385. The van der Waals surface area contributed by atoms with E-state index in [0.29, 0.717) is 48.7 Å². The number of carbonyl (C=O) groups is 1. The van der Waals surface area contributed by atoms with Gasteiger partial charge in [-0.3, -0.25) is 19.7 Å². The monoisotopic (exact) mass is 453 g/mol. The Bertz CT molecular complexity index is 1240. The zero-order chi connectivity index (χ0) is 22.8. The Morgan fingerprint density at radius 1 is 1.06 bits per heavy atom. The summed E-state index contributed by atoms with van der Waals surface area (Å²) in [5.41, 5.74) is 1.31. The largest absolute Gasteiger partial charge is 0.365 e. The van der Waals surface area contributed by atoms with Crippen molar-refractivity contribution < 1.29 is 9.72 Å². The Labute approximate surface area is 188 Å². The predicted octanol–water partition coefficient (Wildman–Crippen LogP) is 3.06. The second kappa shape index (κ2) is 8.80. The molecule has 0 aliphatic carbocycles. The van der Waals surface area contributed by atoms with Crippen LogP contribution in [-0.4, -0.2) is 51.7 Å². The highest BCUT2D eigenvalue weighted by Gasteiger charge is 2.27. The SMILES string of the molecule is Cc1c(C(=O)N2CCN(c3cnn(-c4ccccc4)c(=O)c3Cl)CC2)cccc1[N+](=O)[O-]. The van der Waals surface area contributed by atoms with Gasteiger partial charge in [-0.05, 0) is 25.1 Å². The van der Waals surface area contributed by atoms with Crippen LogP contribution in [0.4, 0.5) is 11.4 Å². The highest BCUT2D eigenvalue weighted by Crippen LogP contribution is 2.25. The van der Waals surface area contributed by atoms with E-state index in [1.165, 1.54) is 16.8 Å². The number of nitrogens with zero attached hydrogens (tertiary/aromatic N) is 5. The van der Waals surface area contributed by atoms with Crippen LogP contribution in [0, 0.1) is 17.0 Å². The van der Waals surface area contributed by atoms with Crippen LogP contribution in [0.2, 0.25) is 5.02 Å². The summed E-state index contributed by atoms with van der Waals surface area (Å²) < 4.78 is 1.25. The molecule has 1 aliphatic rings. The molecule has 9 nitrogen and oxygen atoms in total. The topological polar surface area (TPSA) is 102 Å². The maximum absolute atomic E-state index is 13.0. The van der Waals surface area contributed by atoms with Gasteiger partial charge in [0, 0.05) is 43.4 Å². The smallest absolute Gasteiger partial charge is 0.292 e. The molecule has 1 aromatic heterocycles. The number of hydrogen-bond donors (Lipinski definition) is 0. The normalized spacial score (nSPS) is 13.8. The second-order valence-electron chi connectivity index (χ2n) is 7.38. The molecule has 164 valence electrons. The number of nitro groups is 1. The molecule has 32 heavy (non-hydrogen) atoms. The fourth-order valence-corrected chi connectivity index (χ4v) is 4.02. The minimum absolute atomic E-state index is 0.0677. The van der Waals surface area contributed by atoms with Crippen molar-refractivity contribution in [3.63, 3.8) is 0 Å². The maximum Gasteiger partial charge on any atom is 0.292 e. The third-order valence-electron chi connectivity index (χ3n) is 5.54. The first-order valence-corrected chi connectivity index (χ1v) is 10.4. The van der Waals surface area contributed by atoms with Gasteiger partial charge in [0.2, 0.25) is 0 Å². The van der Waals surface area contributed by atoms with E-state index in [-0.39, 0.29) is 16.6 Å². The average molecular weight is 454 g/mol. The molecule has 0 saturated carbocycles. The van der Waals surface area contributed by atoms with Crippen LogP contribution < -0.4 is 10.5 Å². The van der Waals surface area contributed by atoms with Gasteiger partial charge in [-0.1, -0.05) is 35.9 Å². The number of nitro benzene ring substituents is 1. The van der Waals surface area contributed by atoms with E-state index < -0.39 is 10.5 Å². The fraction of sp³-hybridized carbons (Fsp3) is 0.227. The number of amides is 1. The third kappa shape index (κ3) is 3.94. The Morgan fingerprint density at radius 2 is 1.75 bits per heavy atom. The molecule has 2 heterocycles. The summed E-state index contributed by atoms with van der Waals surface area (Å²) >= 11 is 6.38. The van der Waals surface area contributed by atoms with Crippen LogP contribution in [0.3, 0.4) is 0 Å². The van der Waals surface area contributed by atoms with Crippen LogP contribution >= 0.6 is 11.6 Å². The molecule has 0 atom stereocenters. The van der Waals surface area contributed by atoms with Crippen LogP contribution in [0.25, 0.3) is 5.69 Å². The number of anilines is 1. The lowest BCUT2D eigenvalue weighted by atomic mass is 10.1. The van der Waals surface area contributed by atoms with Crippen molar-refractivity contribution >= 4 is 28.9 Å². The molecule has 2 aromatic carbocycles. The zero-order valence-electron chi connectivity index (χ0n) is 17.3. The van der Waals surface area contributed by atoms with E-state index in [9.17, 15) is 19.7 Å². The Kier molecular flexibility index (Phi) is 5.91. The molecule has 1 fully saturated rings. The molecule has 3 aromatic rings. The van der Waals surface area contributed by atoms with E-state index in [4.69, 9.17) is 11.6 Å². The van der Waals surface area contributed by atoms with Crippen LogP contribution in [-0.2, 0) is 0 Å². The first-order chi connectivity index (χ1) is 15.4. The third-order valence-corrected chi connectivity index (χ3v) is 5.90. The first-order valence-electron chi connectivity index (χ1n) is 10.00. The lowest BCUT2D eigenvalue weighted by Gasteiger charge is -2.36. The van der Waals surface area contributed by atoms with Gasteiger partial charge in [0.1, 0.15) is 5.02 Å². The highest BCUT2D eigenvalue weighted by atomic mass is 35.5. The van der Waals surface area contributed by atoms with Crippen molar-refractivity contribution in [1.29, 1.82) is 0 Å².